The Labute approximate surface area is 386 Å². The Kier molecular flexibility index (Phi) is 20.9. The van der Waals surface area contributed by atoms with E-state index >= 15 is 4.39 Å². The van der Waals surface area contributed by atoms with Crippen LogP contribution < -0.4 is 0 Å². The minimum atomic E-state index is -2.44. The Morgan fingerprint density at radius 3 is 2.28 bits per heavy atom. The third kappa shape index (κ3) is 14.3. The molecule has 1 amide bonds. The molecule has 3 fully saturated rings. The van der Waals surface area contributed by atoms with Crippen LogP contribution in [0.4, 0.5) is 4.39 Å². The molecule has 2 bridgehead atoms. The zero-order valence-electron chi connectivity index (χ0n) is 40.5. The normalized spacial score (nSPS) is 39.1. The van der Waals surface area contributed by atoms with Crippen LogP contribution in [-0.2, 0) is 47.7 Å². The van der Waals surface area contributed by atoms with Gasteiger partial charge in [-0.3, -0.25) is 19.2 Å². The molecule has 0 spiro atoms. The molecule has 0 aromatic carbocycles. The molecule has 366 valence electrons. The van der Waals surface area contributed by atoms with E-state index in [2.05, 4.69) is 0 Å². The SMILES string of the molecule is CO[C@H]1C[C@@H]2CC[C@@H](C)[C@@](O)(O2)C(=O)C(=O)N2CCCCC2C(=O)O[C@H]([C@H](C)C[C@@H]2CC[C@@H](O)[C@H](OC)C2)CC(=O)[C@H](C)/C=C(\C)C(F)[C@@H](OC)C(=O)[C@H](C)C[C@H](C)/C=C/C=CC=C1C. The van der Waals surface area contributed by atoms with Crippen molar-refractivity contribution in [1.82, 2.24) is 4.90 Å². The Balaban J connectivity index is 1.70. The lowest BCUT2D eigenvalue weighted by molar-refractivity contribution is -0.265. The number of hydrogen-bond acceptors (Lipinski definition) is 12. The summed E-state index contributed by atoms with van der Waals surface area (Å²) in [5.41, 5.74) is 1.03. The molecule has 1 saturated carbocycles. The van der Waals surface area contributed by atoms with Gasteiger partial charge in [-0.25, -0.2) is 9.18 Å². The highest BCUT2D eigenvalue weighted by molar-refractivity contribution is 6.39. The minimum Gasteiger partial charge on any atom is -0.460 e. The quantitative estimate of drug-likeness (QED) is 0.157. The van der Waals surface area contributed by atoms with E-state index in [1.165, 1.54) is 25.0 Å². The molecule has 4 rings (SSSR count). The number of aliphatic hydroxyl groups excluding tert-OH is 1. The first-order valence-electron chi connectivity index (χ1n) is 23.9. The molecule has 15 atom stereocenters. The van der Waals surface area contributed by atoms with Crippen LogP contribution in [0.1, 0.15) is 126 Å². The second kappa shape index (κ2) is 25.1. The standard InChI is InChI=1S/C51H78FNO12/c1-30-16-12-11-13-17-31(2)42(61-8)28-38-21-19-36(7)51(60,65-38)48(57)49(58)53-23-15-14-18-39(53)50(59)64-43(33(4)26-37-20-22-40(54)44(27-37)62-9)29-41(55)32(3)25-34(5)45(52)47(63-10)46(56)35(6)24-30/h11-13,16-17,25,30,32-33,35-40,42-45,47,54,60H,14-15,18-24,26-29H2,1-10H3/b13-11?,16-12+,31-17?,34-25+/t30-,32-,33-,35-,36-,37+,38+,39?,40-,42+,43+,44-,45?,47-,51-/m1/s1. The number of halogens is 1. The second-order valence-electron chi connectivity index (χ2n) is 19.5. The van der Waals surface area contributed by atoms with Gasteiger partial charge >= 0.3 is 5.97 Å². The largest absolute Gasteiger partial charge is 0.460 e. The van der Waals surface area contributed by atoms with E-state index in [0.717, 1.165) is 5.57 Å². The van der Waals surface area contributed by atoms with Crippen molar-refractivity contribution in [2.45, 2.75) is 180 Å². The first-order chi connectivity index (χ1) is 30.7. The molecule has 3 aliphatic heterocycles. The van der Waals surface area contributed by atoms with Gasteiger partial charge in [-0.1, -0.05) is 71.1 Å². The van der Waals surface area contributed by atoms with E-state index in [9.17, 15) is 34.2 Å². The predicted octanol–water partition coefficient (Wildman–Crippen LogP) is 7.16. The number of nitrogens with zero attached hydrogens (tertiary/aromatic N) is 1. The average Bonchev–Trinajstić information content (AvgIpc) is 3.28. The molecular formula is C51H78FNO12. The number of carbonyl (C=O) groups is 5. The first-order valence-corrected chi connectivity index (χ1v) is 23.9. The van der Waals surface area contributed by atoms with Crippen LogP contribution in [0, 0.1) is 35.5 Å². The van der Waals surface area contributed by atoms with Crippen molar-refractivity contribution >= 4 is 29.2 Å². The van der Waals surface area contributed by atoms with E-state index in [4.69, 9.17) is 23.7 Å². The number of methoxy groups -OCH3 is 3. The fourth-order valence-electron chi connectivity index (χ4n) is 10.1. The maximum Gasteiger partial charge on any atom is 0.329 e. The van der Waals surface area contributed by atoms with E-state index in [1.807, 2.05) is 51.2 Å². The summed E-state index contributed by atoms with van der Waals surface area (Å²) in [7, 11) is 4.42. The summed E-state index contributed by atoms with van der Waals surface area (Å²) in [6.45, 7) is 12.4. The van der Waals surface area contributed by atoms with Crippen molar-refractivity contribution in [2.24, 2.45) is 35.5 Å². The van der Waals surface area contributed by atoms with Crippen molar-refractivity contribution < 1.29 is 62.3 Å². The lowest BCUT2D eigenvalue weighted by Crippen LogP contribution is -2.61. The first kappa shape index (κ1) is 54.2. The number of alkyl halides is 1. The zero-order valence-corrected chi connectivity index (χ0v) is 40.5. The summed E-state index contributed by atoms with van der Waals surface area (Å²) in [5, 5.41) is 22.4. The van der Waals surface area contributed by atoms with Crippen molar-refractivity contribution in [3.63, 3.8) is 0 Å². The number of Topliss-reactive ketones (excluding diaryl/α,β-unsaturated/α-hetero) is 3. The maximum absolute atomic E-state index is 16.2. The Bertz CT molecular complexity index is 1760. The van der Waals surface area contributed by atoms with Crippen molar-refractivity contribution in [3.8, 4) is 0 Å². The molecule has 4 aliphatic rings. The predicted molar refractivity (Wildman–Crippen MR) is 244 cm³/mol. The molecule has 2 N–H and O–H groups in total. The number of hydrogen-bond donors (Lipinski definition) is 2. The number of aliphatic hydroxyl groups is 2. The third-order valence-corrected chi connectivity index (χ3v) is 14.4. The van der Waals surface area contributed by atoms with Gasteiger partial charge < -0.3 is 38.8 Å². The van der Waals surface area contributed by atoms with Crippen molar-refractivity contribution in [1.29, 1.82) is 0 Å². The zero-order chi connectivity index (χ0) is 48.2. The number of fused-ring (bicyclic) bond motifs is 3. The summed E-state index contributed by atoms with van der Waals surface area (Å²) >= 11 is 0. The molecule has 1 aliphatic carbocycles. The fraction of sp³-hybridized carbons (Fsp3) is 0.745. The van der Waals surface area contributed by atoms with E-state index in [0.29, 0.717) is 64.2 Å². The topological polar surface area (TPSA) is 175 Å². The molecule has 0 aromatic rings. The van der Waals surface area contributed by atoms with Gasteiger partial charge in [0.1, 0.15) is 17.9 Å². The number of esters is 1. The summed E-state index contributed by atoms with van der Waals surface area (Å²) in [5.74, 6) is -8.44. The van der Waals surface area contributed by atoms with Crippen LogP contribution in [-0.4, -0.2) is 127 Å². The summed E-state index contributed by atoms with van der Waals surface area (Å²) < 4.78 is 45.4. The van der Waals surface area contributed by atoms with Crippen LogP contribution in [0.3, 0.4) is 0 Å². The van der Waals surface area contributed by atoms with Gasteiger partial charge in [0, 0.05) is 58.5 Å². The van der Waals surface area contributed by atoms with Crippen LogP contribution in [0.15, 0.2) is 47.6 Å². The van der Waals surface area contributed by atoms with E-state index < -0.39 is 83.9 Å². The molecular weight excluding hydrogens is 838 g/mol. The van der Waals surface area contributed by atoms with Crippen LogP contribution in [0.25, 0.3) is 0 Å². The minimum absolute atomic E-state index is 0.0215. The monoisotopic (exact) mass is 916 g/mol. The number of ether oxygens (including phenoxy) is 5. The maximum atomic E-state index is 16.2. The Hall–Kier alpha value is -3.40. The third-order valence-electron chi connectivity index (χ3n) is 14.4. The molecule has 13 nitrogen and oxygen atoms in total. The average molecular weight is 916 g/mol. The van der Waals surface area contributed by atoms with E-state index in [1.54, 1.807) is 35.0 Å². The van der Waals surface area contributed by atoms with E-state index in [-0.39, 0.29) is 60.4 Å². The lowest BCUT2D eigenvalue weighted by atomic mass is 9.78. The van der Waals surface area contributed by atoms with Gasteiger partial charge in [-0.15, -0.1) is 0 Å². The van der Waals surface area contributed by atoms with Gasteiger partial charge in [-0.05, 0) is 107 Å². The van der Waals surface area contributed by atoms with Crippen molar-refractivity contribution in [2.75, 3.05) is 27.9 Å². The summed E-state index contributed by atoms with van der Waals surface area (Å²) in [4.78, 5) is 71.6. The number of piperidine rings is 1. The molecule has 0 radical (unpaired) electrons. The van der Waals surface area contributed by atoms with Gasteiger partial charge in [0.25, 0.3) is 11.7 Å². The van der Waals surface area contributed by atoms with Gasteiger partial charge in [0.2, 0.25) is 5.79 Å². The van der Waals surface area contributed by atoms with Crippen molar-refractivity contribution in [3.05, 3.63) is 47.6 Å². The lowest BCUT2D eigenvalue weighted by Gasteiger charge is -2.42. The number of cyclic esters (lactones) is 1. The van der Waals surface area contributed by atoms with Gasteiger partial charge in [0.05, 0.1) is 24.4 Å². The second-order valence-corrected chi connectivity index (χ2v) is 19.5. The molecule has 2 saturated heterocycles. The molecule has 65 heavy (non-hydrogen) atoms. The van der Waals surface area contributed by atoms with Gasteiger partial charge in [-0.2, -0.15) is 0 Å². The molecule has 0 aromatic heterocycles. The molecule has 14 heteroatoms. The number of amides is 1. The van der Waals surface area contributed by atoms with Crippen LogP contribution in [0.5, 0.6) is 0 Å². The number of allylic oxidation sites excluding steroid dienone is 6. The Morgan fingerprint density at radius 2 is 1.60 bits per heavy atom. The Morgan fingerprint density at radius 1 is 0.877 bits per heavy atom. The highest BCUT2D eigenvalue weighted by Gasteiger charge is 2.53. The molecule has 3 heterocycles. The highest BCUT2D eigenvalue weighted by Crippen LogP contribution is 2.38. The summed E-state index contributed by atoms with van der Waals surface area (Å²) in [6.07, 6.45) is 9.94. The number of carbonyl (C=O) groups excluding carboxylic acids is 5. The van der Waals surface area contributed by atoms with Crippen LogP contribution in [0.2, 0.25) is 0 Å². The van der Waals surface area contributed by atoms with Gasteiger partial charge in [0.15, 0.2) is 18.1 Å². The smallest absolute Gasteiger partial charge is 0.329 e. The fourth-order valence-corrected chi connectivity index (χ4v) is 10.1. The van der Waals surface area contributed by atoms with Crippen LogP contribution >= 0.6 is 0 Å². The summed E-state index contributed by atoms with van der Waals surface area (Å²) in [6, 6.07) is -1.16. The molecule has 2 unspecified atom stereocenters. The number of ketones is 3. The highest BCUT2D eigenvalue weighted by atomic mass is 19.1. The number of rotatable bonds is 6.